The lowest BCUT2D eigenvalue weighted by Gasteiger charge is -1.90. The van der Waals surface area contributed by atoms with Crippen molar-refractivity contribution in [2.45, 2.75) is 20.8 Å². The van der Waals surface area contributed by atoms with Gasteiger partial charge in [0.2, 0.25) is 0 Å². The van der Waals surface area contributed by atoms with Crippen molar-refractivity contribution in [3.8, 4) is 0 Å². The van der Waals surface area contributed by atoms with Crippen LogP contribution < -0.4 is 0 Å². The van der Waals surface area contributed by atoms with Crippen LogP contribution in [-0.4, -0.2) is 5.78 Å². The summed E-state index contributed by atoms with van der Waals surface area (Å²) in [4.78, 5) is 13.7. The molecule has 12 heavy (non-hydrogen) atoms. The maximum atomic E-state index is 11.4. The van der Waals surface area contributed by atoms with Gasteiger partial charge in [0.05, 0.1) is 0 Å². The van der Waals surface area contributed by atoms with E-state index in [0.717, 1.165) is 10.4 Å². The summed E-state index contributed by atoms with van der Waals surface area (Å²) in [5, 5.41) is 0. The lowest BCUT2D eigenvalue weighted by molar-refractivity contribution is 0.104. The second-order valence-corrected chi connectivity index (χ2v) is 4.15. The summed E-state index contributed by atoms with van der Waals surface area (Å²) in [7, 11) is 0. The molecule has 1 aromatic heterocycles. The summed E-state index contributed by atoms with van der Waals surface area (Å²) in [6.07, 6.45) is 3.38. The normalized spacial score (nSPS) is 10.9. The van der Waals surface area contributed by atoms with Crippen LogP contribution in [0.15, 0.2) is 18.2 Å². The number of thiophene rings is 1. The predicted molar refractivity (Wildman–Crippen MR) is 52.9 cm³/mol. The first-order chi connectivity index (χ1) is 5.65. The van der Waals surface area contributed by atoms with Crippen LogP contribution in [0.4, 0.5) is 0 Å². The molecule has 0 aliphatic heterocycles. The highest BCUT2D eigenvalue weighted by Gasteiger charge is 2.07. The molecule has 0 bridgehead atoms. The minimum Gasteiger partial charge on any atom is -0.289 e. The van der Waals surface area contributed by atoms with Crippen molar-refractivity contribution in [1.82, 2.24) is 0 Å². The number of rotatable bonds is 2. The van der Waals surface area contributed by atoms with Gasteiger partial charge in [-0.3, -0.25) is 4.79 Å². The van der Waals surface area contributed by atoms with Crippen LogP contribution in [0, 0.1) is 13.8 Å². The zero-order valence-electron chi connectivity index (χ0n) is 7.55. The van der Waals surface area contributed by atoms with Crippen LogP contribution in [0.2, 0.25) is 0 Å². The highest BCUT2D eigenvalue weighted by molar-refractivity contribution is 7.12. The van der Waals surface area contributed by atoms with Crippen molar-refractivity contribution in [1.29, 1.82) is 0 Å². The van der Waals surface area contributed by atoms with E-state index in [1.165, 1.54) is 4.88 Å². The van der Waals surface area contributed by atoms with E-state index >= 15 is 0 Å². The van der Waals surface area contributed by atoms with E-state index in [2.05, 4.69) is 0 Å². The summed E-state index contributed by atoms with van der Waals surface area (Å²) in [5.74, 6) is 0.111. The molecule has 0 spiro atoms. The Balaban J connectivity index is 3.02. The fourth-order valence-corrected chi connectivity index (χ4v) is 2.05. The van der Waals surface area contributed by atoms with E-state index in [4.69, 9.17) is 0 Å². The maximum Gasteiger partial charge on any atom is 0.186 e. The molecular weight excluding hydrogens is 168 g/mol. The molecule has 1 nitrogen and oxygen atoms in total. The topological polar surface area (TPSA) is 17.1 Å². The molecule has 1 aromatic rings. The van der Waals surface area contributed by atoms with Gasteiger partial charge in [-0.2, -0.15) is 0 Å². The van der Waals surface area contributed by atoms with Crippen molar-refractivity contribution >= 4 is 17.1 Å². The summed E-state index contributed by atoms with van der Waals surface area (Å²) in [5.41, 5.74) is 0.843. The molecule has 0 saturated heterocycles. The van der Waals surface area contributed by atoms with Crippen LogP contribution in [-0.2, 0) is 0 Å². The highest BCUT2D eigenvalue weighted by atomic mass is 32.1. The Kier molecular flexibility index (Phi) is 2.82. The van der Waals surface area contributed by atoms with Gasteiger partial charge < -0.3 is 0 Å². The van der Waals surface area contributed by atoms with Crippen molar-refractivity contribution in [2.75, 3.05) is 0 Å². The smallest absolute Gasteiger partial charge is 0.186 e. The maximum absolute atomic E-state index is 11.4. The first-order valence-corrected chi connectivity index (χ1v) is 4.71. The molecule has 64 valence electrons. The second kappa shape index (κ2) is 3.68. The quantitative estimate of drug-likeness (QED) is 0.505. The lowest BCUT2D eigenvalue weighted by Crippen LogP contribution is -1.92. The third-order valence-electron chi connectivity index (χ3n) is 1.62. The van der Waals surface area contributed by atoms with Crippen molar-refractivity contribution in [3.63, 3.8) is 0 Å². The van der Waals surface area contributed by atoms with E-state index < -0.39 is 0 Å². The Morgan fingerprint density at radius 2 is 2.17 bits per heavy atom. The Labute approximate surface area is 76.7 Å². The standard InChI is InChI=1S/C10H12OS/c1-4-5-10(11)9-6-7(2)12-8(9)3/h4-6H,1-3H3. The summed E-state index contributed by atoms with van der Waals surface area (Å²) in [6, 6.07) is 1.95. The van der Waals surface area contributed by atoms with Crippen molar-refractivity contribution < 1.29 is 4.79 Å². The number of carbonyl (C=O) groups is 1. The van der Waals surface area contributed by atoms with Crippen LogP contribution in [0.1, 0.15) is 27.0 Å². The third kappa shape index (κ3) is 1.83. The van der Waals surface area contributed by atoms with Crippen molar-refractivity contribution in [3.05, 3.63) is 33.5 Å². The Morgan fingerprint density at radius 1 is 1.50 bits per heavy atom. The van der Waals surface area contributed by atoms with Gasteiger partial charge in [-0.15, -0.1) is 11.3 Å². The van der Waals surface area contributed by atoms with Gasteiger partial charge in [-0.1, -0.05) is 6.08 Å². The molecule has 0 amide bonds. The molecule has 0 saturated carbocycles. The molecule has 0 atom stereocenters. The van der Waals surface area contributed by atoms with Crippen LogP contribution in [0.5, 0.6) is 0 Å². The van der Waals surface area contributed by atoms with E-state index in [1.54, 1.807) is 23.5 Å². The van der Waals surface area contributed by atoms with Gasteiger partial charge in [0, 0.05) is 15.3 Å². The van der Waals surface area contributed by atoms with Crippen LogP contribution in [0.3, 0.4) is 0 Å². The van der Waals surface area contributed by atoms with Gasteiger partial charge >= 0.3 is 0 Å². The van der Waals surface area contributed by atoms with E-state index in [-0.39, 0.29) is 5.78 Å². The zero-order valence-corrected chi connectivity index (χ0v) is 8.37. The molecule has 0 aromatic carbocycles. The molecule has 1 heterocycles. The first kappa shape index (κ1) is 9.20. The zero-order chi connectivity index (χ0) is 9.14. The molecule has 0 aliphatic carbocycles. The van der Waals surface area contributed by atoms with E-state index in [9.17, 15) is 4.79 Å². The molecule has 0 N–H and O–H groups in total. The van der Waals surface area contributed by atoms with Gasteiger partial charge in [0.1, 0.15) is 0 Å². The van der Waals surface area contributed by atoms with E-state index in [0.29, 0.717) is 0 Å². The minimum atomic E-state index is 0.111. The Bertz CT molecular complexity index is 321. The number of aryl methyl sites for hydroxylation is 2. The number of carbonyl (C=O) groups excluding carboxylic acids is 1. The molecule has 1 rings (SSSR count). The number of allylic oxidation sites excluding steroid dienone is 2. The average Bonchev–Trinajstić information content (AvgIpc) is 2.30. The largest absolute Gasteiger partial charge is 0.289 e. The fourth-order valence-electron chi connectivity index (χ4n) is 1.12. The van der Waals surface area contributed by atoms with E-state index in [1.807, 2.05) is 26.8 Å². The summed E-state index contributed by atoms with van der Waals surface area (Å²) in [6.45, 7) is 5.85. The Hall–Kier alpha value is -0.890. The molecule has 0 radical (unpaired) electrons. The number of hydrogen-bond acceptors (Lipinski definition) is 2. The van der Waals surface area contributed by atoms with Crippen LogP contribution in [0.25, 0.3) is 0 Å². The highest BCUT2D eigenvalue weighted by Crippen LogP contribution is 2.21. The van der Waals surface area contributed by atoms with Gasteiger partial charge in [-0.05, 0) is 32.9 Å². The predicted octanol–water partition coefficient (Wildman–Crippen LogP) is 3.12. The Morgan fingerprint density at radius 3 is 2.58 bits per heavy atom. The number of ketones is 1. The molecule has 0 aliphatic rings. The fraction of sp³-hybridized carbons (Fsp3) is 0.300. The third-order valence-corrected chi connectivity index (χ3v) is 2.59. The molecule has 0 fully saturated rings. The van der Waals surface area contributed by atoms with Gasteiger partial charge in [-0.25, -0.2) is 0 Å². The lowest BCUT2D eigenvalue weighted by atomic mass is 10.1. The van der Waals surface area contributed by atoms with Crippen molar-refractivity contribution in [2.24, 2.45) is 0 Å². The number of hydrogen-bond donors (Lipinski definition) is 0. The molecule has 0 unspecified atom stereocenters. The second-order valence-electron chi connectivity index (χ2n) is 2.69. The molecule has 2 heteroatoms. The summed E-state index contributed by atoms with van der Waals surface area (Å²) >= 11 is 1.67. The molecular formula is C10H12OS. The first-order valence-electron chi connectivity index (χ1n) is 3.89. The average molecular weight is 180 g/mol. The van der Waals surface area contributed by atoms with Gasteiger partial charge in [0.25, 0.3) is 0 Å². The SMILES string of the molecule is CC=CC(=O)c1cc(C)sc1C. The monoisotopic (exact) mass is 180 g/mol. The minimum absolute atomic E-state index is 0.111. The summed E-state index contributed by atoms with van der Waals surface area (Å²) < 4.78 is 0. The van der Waals surface area contributed by atoms with Crippen LogP contribution >= 0.6 is 11.3 Å². The van der Waals surface area contributed by atoms with Gasteiger partial charge in [0.15, 0.2) is 5.78 Å².